The Kier molecular flexibility index (Phi) is 2.39. The van der Waals surface area contributed by atoms with Gasteiger partial charge in [0, 0.05) is 11.6 Å². The highest BCUT2D eigenvalue weighted by atomic mass is 15.2. The van der Waals surface area contributed by atoms with E-state index in [1.807, 2.05) is 0 Å². The van der Waals surface area contributed by atoms with E-state index < -0.39 is 0 Å². The zero-order valence-corrected chi connectivity index (χ0v) is 9.34. The molecule has 76 valence electrons. The van der Waals surface area contributed by atoms with Gasteiger partial charge < -0.3 is 0 Å². The molecule has 1 heteroatoms. The Morgan fingerprint density at radius 3 is 2.62 bits per heavy atom. The normalized spacial score (nSPS) is 39.2. The first-order valence-electron chi connectivity index (χ1n) is 5.91. The van der Waals surface area contributed by atoms with Crippen molar-refractivity contribution in [1.29, 1.82) is 0 Å². The first-order chi connectivity index (χ1) is 6.18. The molecule has 3 fully saturated rings. The maximum atomic E-state index is 2.68. The van der Waals surface area contributed by atoms with Crippen LogP contribution < -0.4 is 0 Å². The lowest BCUT2D eigenvalue weighted by molar-refractivity contribution is 0.0171. The Balaban J connectivity index is 1.92. The summed E-state index contributed by atoms with van der Waals surface area (Å²) in [5.74, 6) is 1.09. The van der Waals surface area contributed by atoms with Gasteiger partial charge in [0.2, 0.25) is 0 Å². The molecular formula is C12H23N. The van der Waals surface area contributed by atoms with Crippen molar-refractivity contribution in [3.63, 3.8) is 0 Å². The molecule has 1 nitrogen and oxygen atoms in total. The molecule has 0 aliphatic heterocycles. The van der Waals surface area contributed by atoms with Crippen molar-refractivity contribution >= 4 is 0 Å². The quantitative estimate of drug-likeness (QED) is 0.644. The monoisotopic (exact) mass is 181 g/mol. The van der Waals surface area contributed by atoms with Crippen LogP contribution in [0.15, 0.2) is 0 Å². The van der Waals surface area contributed by atoms with Gasteiger partial charge in [0.1, 0.15) is 0 Å². The molecule has 3 aliphatic rings. The number of nitrogens with zero attached hydrogens (tertiary/aromatic N) is 1. The molecule has 0 unspecified atom stereocenters. The lowest BCUT2D eigenvalue weighted by Crippen LogP contribution is -2.53. The largest absolute Gasteiger partial charge is 0.298 e. The first-order valence-corrected chi connectivity index (χ1v) is 5.91. The van der Waals surface area contributed by atoms with Crippen molar-refractivity contribution < 1.29 is 0 Å². The zero-order chi connectivity index (χ0) is 9.47. The van der Waals surface area contributed by atoms with Crippen LogP contribution in [0.25, 0.3) is 0 Å². The van der Waals surface area contributed by atoms with Gasteiger partial charge in [0.05, 0.1) is 0 Å². The predicted molar refractivity (Wildman–Crippen MR) is 56.8 cm³/mol. The van der Waals surface area contributed by atoms with Crippen molar-refractivity contribution in [2.45, 2.75) is 64.0 Å². The van der Waals surface area contributed by atoms with E-state index in [9.17, 15) is 0 Å². The fraction of sp³-hybridized carbons (Fsp3) is 1.00. The number of fused-ring (bicyclic) bond motifs is 1. The Bertz CT molecular complexity index is 176. The highest BCUT2D eigenvalue weighted by molar-refractivity contribution is 5.08. The molecule has 13 heavy (non-hydrogen) atoms. The summed E-state index contributed by atoms with van der Waals surface area (Å²) in [7, 11) is 2.35. The third-order valence-corrected chi connectivity index (χ3v) is 4.47. The van der Waals surface area contributed by atoms with Gasteiger partial charge in [-0.15, -0.1) is 0 Å². The summed E-state index contributed by atoms with van der Waals surface area (Å²) in [5.41, 5.74) is 0.652. The van der Waals surface area contributed by atoms with E-state index in [-0.39, 0.29) is 0 Å². The second-order valence-electron chi connectivity index (χ2n) is 5.29. The first kappa shape index (κ1) is 9.51. The second kappa shape index (κ2) is 3.27. The molecule has 0 aromatic rings. The Morgan fingerprint density at radius 1 is 1.46 bits per heavy atom. The van der Waals surface area contributed by atoms with Gasteiger partial charge in [0.25, 0.3) is 0 Å². The van der Waals surface area contributed by atoms with Crippen molar-refractivity contribution in [2.75, 3.05) is 7.05 Å². The van der Waals surface area contributed by atoms with Crippen molar-refractivity contribution in [1.82, 2.24) is 4.90 Å². The zero-order valence-electron chi connectivity index (χ0n) is 9.34. The number of hydrogen-bond acceptors (Lipinski definition) is 1. The smallest absolute Gasteiger partial charge is 0.0214 e. The lowest BCUT2D eigenvalue weighted by atomic mass is 9.75. The summed E-state index contributed by atoms with van der Waals surface area (Å²) in [5, 5.41) is 0. The lowest BCUT2D eigenvalue weighted by Gasteiger charge is -2.48. The van der Waals surface area contributed by atoms with Crippen LogP contribution in [0.5, 0.6) is 0 Å². The summed E-state index contributed by atoms with van der Waals surface area (Å²) >= 11 is 0. The van der Waals surface area contributed by atoms with Gasteiger partial charge in [-0.25, -0.2) is 0 Å². The van der Waals surface area contributed by atoms with E-state index in [2.05, 4.69) is 25.8 Å². The number of hydrogen-bond donors (Lipinski definition) is 0. The summed E-state index contributed by atoms with van der Waals surface area (Å²) in [6.45, 7) is 4.68. The van der Waals surface area contributed by atoms with Crippen LogP contribution in [0.1, 0.15) is 52.4 Å². The molecule has 3 rings (SSSR count). The summed E-state index contributed by atoms with van der Waals surface area (Å²) in [4.78, 5) is 2.68. The summed E-state index contributed by atoms with van der Waals surface area (Å²) in [6, 6.07) is 0.795. The van der Waals surface area contributed by atoms with Crippen LogP contribution >= 0.6 is 0 Å². The molecule has 0 saturated heterocycles. The van der Waals surface area contributed by atoms with Crippen molar-refractivity contribution in [2.24, 2.45) is 5.92 Å². The topological polar surface area (TPSA) is 3.24 Å². The van der Waals surface area contributed by atoms with Gasteiger partial charge in [0.15, 0.2) is 0 Å². The molecule has 0 N–H and O–H groups in total. The van der Waals surface area contributed by atoms with Crippen LogP contribution in [0, 0.1) is 5.92 Å². The third-order valence-electron chi connectivity index (χ3n) is 4.47. The Morgan fingerprint density at radius 2 is 2.15 bits per heavy atom. The summed E-state index contributed by atoms with van der Waals surface area (Å²) < 4.78 is 0. The predicted octanol–water partition coefficient (Wildman–Crippen LogP) is 3.05. The standard InChI is InChI=1S/C12H23N/c1-4-5-10(2)13(3)12-7-6-11(8-12)9-12/h10-11H,4-9H2,1-3H3/t10-,11?,12?/m1/s1. The molecule has 0 heterocycles. The molecule has 3 aliphatic carbocycles. The van der Waals surface area contributed by atoms with Crippen LogP contribution in [0.4, 0.5) is 0 Å². The van der Waals surface area contributed by atoms with Crippen LogP contribution in [0.2, 0.25) is 0 Å². The van der Waals surface area contributed by atoms with E-state index in [0.29, 0.717) is 5.54 Å². The van der Waals surface area contributed by atoms with Crippen LogP contribution in [0.3, 0.4) is 0 Å². The van der Waals surface area contributed by atoms with Gasteiger partial charge in [-0.05, 0) is 52.0 Å². The van der Waals surface area contributed by atoms with Gasteiger partial charge >= 0.3 is 0 Å². The molecule has 1 atom stereocenters. The average Bonchev–Trinajstić information content (AvgIpc) is 2.60. The minimum atomic E-state index is 0.652. The highest BCUT2D eigenvalue weighted by Crippen LogP contribution is 2.55. The fourth-order valence-electron chi connectivity index (χ4n) is 3.44. The molecule has 0 radical (unpaired) electrons. The van der Waals surface area contributed by atoms with Crippen LogP contribution in [-0.4, -0.2) is 23.5 Å². The summed E-state index contributed by atoms with van der Waals surface area (Å²) in [6.07, 6.45) is 8.66. The number of rotatable bonds is 4. The van der Waals surface area contributed by atoms with E-state index >= 15 is 0 Å². The third kappa shape index (κ3) is 1.41. The van der Waals surface area contributed by atoms with Gasteiger partial charge in [-0.1, -0.05) is 13.3 Å². The average molecular weight is 181 g/mol. The molecule has 0 amide bonds. The maximum absolute atomic E-state index is 2.68. The minimum Gasteiger partial charge on any atom is -0.298 e. The van der Waals surface area contributed by atoms with Crippen LogP contribution in [-0.2, 0) is 0 Å². The van der Waals surface area contributed by atoms with E-state index in [4.69, 9.17) is 0 Å². The van der Waals surface area contributed by atoms with E-state index in [1.54, 1.807) is 0 Å². The molecule has 0 spiro atoms. The minimum absolute atomic E-state index is 0.652. The van der Waals surface area contributed by atoms with Gasteiger partial charge in [-0.3, -0.25) is 4.90 Å². The Labute approximate surface area is 82.5 Å². The maximum Gasteiger partial charge on any atom is 0.0214 e. The van der Waals surface area contributed by atoms with E-state index in [0.717, 1.165) is 12.0 Å². The molecule has 0 aromatic carbocycles. The molecule has 2 bridgehead atoms. The SMILES string of the molecule is CCC[C@@H](C)N(C)C12CCC(C1)C2. The Hall–Kier alpha value is -0.0400. The molecular weight excluding hydrogens is 158 g/mol. The fourth-order valence-corrected chi connectivity index (χ4v) is 3.44. The molecule has 0 aromatic heterocycles. The highest BCUT2D eigenvalue weighted by Gasteiger charge is 2.53. The van der Waals surface area contributed by atoms with Gasteiger partial charge in [-0.2, -0.15) is 0 Å². The second-order valence-corrected chi connectivity index (χ2v) is 5.29. The van der Waals surface area contributed by atoms with E-state index in [1.165, 1.54) is 38.5 Å². The molecule has 3 saturated carbocycles. The van der Waals surface area contributed by atoms with Crippen molar-refractivity contribution in [3.05, 3.63) is 0 Å². The van der Waals surface area contributed by atoms with Crippen molar-refractivity contribution in [3.8, 4) is 0 Å².